The molecule has 0 bridgehead atoms. The summed E-state index contributed by atoms with van der Waals surface area (Å²) >= 11 is 0. The Hall–Kier alpha value is -3.15. The number of nitrogens with zero attached hydrogens (tertiary/aromatic N) is 3. The molecule has 0 spiro atoms. The summed E-state index contributed by atoms with van der Waals surface area (Å²) in [6.45, 7) is 3.76. The summed E-state index contributed by atoms with van der Waals surface area (Å²) in [4.78, 5) is 18.0. The van der Waals surface area contributed by atoms with E-state index < -0.39 is 0 Å². The maximum atomic E-state index is 11.1. The number of carbonyl (C=O) groups is 1. The molecule has 1 aliphatic rings. The maximum Gasteiger partial charge on any atom is 0.231 e. The summed E-state index contributed by atoms with van der Waals surface area (Å²) in [6, 6.07) is 16.0. The van der Waals surface area contributed by atoms with Crippen LogP contribution in [0, 0.1) is 0 Å². The number of benzene rings is 2. The highest BCUT2D eigenvalue weighted by Gasteiger charge is 2.13. The van der Waals surface area contributed by atoms with Crippen LogP contribution in [0.1, 0.15) is 37.6 Å². The Kier molecular flexibility index (Phi) is 5.37. The van der Waals surface area contributed by atoms with Gasteiger partial charge in [-0.1, -0.05) is 17.3 Å². The van der Waals surface area contributed by atoms with E-state index in [0.717, 1.165) is 29.9 Å². The molecule has 2 aromatic carbocycles. The molecule has 1 saturated heterocycles. The minimum atomic E-state index is -0.0828. The summed E-state index contributed by atoms with van der Waals surface area (Å²) in [7, 11) is 0. The van der Waals surface area contributed by atoms with Crippen molar-refractivity contribution in [3.63, 3.8) is 0 Å². The summed E-state index contributed by atoms with van der Waals surface area (Å²) in [5.41, 5.74) is 4.03. The quantitative estimate of drug-likeness (QED) is 0.720. The van der Waals surface area contributed by atoms with Gasteiger partial charge in [0.05, 0.1) is 6.42 Å². The van der Waals surface area contributed by atoms with E-state index in [4.69, 9.17) is 4.52 Å². The predicted molar refractivity (Wildman–Crippen MR) is 109 cm³/mol. The Morgan fingerprint density at radius 3 is 2.43 bits per heavy atom. The first-order chi connectivity index (χ1) is 13.7. The third-order valence-electron chi connectivity index (χ3n) is 4.94. The molecule has 0 atom stereocenters. The van der Waals surface area contributed by atoms with Crippen LogP contribution in [-0.2, 0) is 11.2 Å². The first-order valence-corrected chi connectivity index (χ1v) is 9.72. The van der Waals surface area contributed by atoms with Gasteiger partial charge < -0.3 is 14.7 Å². The lowest BCUT2D eigenvalue weighted by Crippen LogP contribution is -2.29. The van der Waals surface area contributed by atoms with E-state index in [0.29, 0.717) is 18.1 Å². The topological polar surface area (TPSA) is 71.3 Å². The van der Waals surface area contributed by atoms with E-state index in [2.05, 4.69) is 44.6 Å². The number of anilines is 2. The third-order valence-corrected chi connectivity index (χ3v) is 4.94. The van der Waals surface area contributed by atoms with Gasteiger partial charge >= 0.3 is 0 Å². The molecule has 1 amide bonds. The minimum Gasteiger partial charge on any atom is -0.372 e. The van der Waals surface area contributed by atoms with Crippen LogP contribution in [0.2, 0.25) is 0 Å². The molecule has 0 saturated carbocycles. The van der Waals surface area contributed by atoms with Gasteiger partial charge in [0.15, 0.2) is 0 Å². The Bertz CT molecular complexity index is 926. The molecular weight excluding hydrogens is 352 g/mol. The van der Waals surface area contributed by atoms with Crippen molar-refractivity contribution in [3.8, 4) is 11.4 Å². The largest absolute Gasteiger partial charge is 0.372 e. The standard InChI is InChI=1S/C22H24N4O2/c1-16(27)23-19-9-5-17(6-10-19)15-21-24-22(25-28-21)18-7-11-20(12-8-18)26-13-3-2-4-14-26/h5-12H,2-4,13-15H2,1H3,(H,23,27). The van der Waals surface area contributed by atoms with Gasteiger partial charge in [-0.15, -0.1) is 0 Å². The SMILES string of the molecule is CC(=O)Nc1ccc(Cc2nc(-c3ccc(N4CCCCC4)cc3)no2)cc1. The summed E-state index contributed by atoms with van der Waals surface area (Å²) in [5, 5.41) is 6.88. The molecule has 1 aliphatic heterocycles. The lowest BCUT2D eigenvalue weighted by Gasteiger charge is -2.28. The molecule has 4 rings (SSSR count). The Morgan fingerprint density at radius 2 is 1.75 bits per heavy atom. The van der Waals surface area contributed by atoms with Crippen molar-refractivity contribution in [2.75, 3.05) is 23.3 Å². The lowest BCUT2D eigenvalue weighted by molar-refractivity contribution is -0.114. The van der Waals surface area contributed by atoms with Gasteiger partial charge in [-0.05, 0) is 61.2 Å². The molecular formula is C22H24N4O2. The van der Waals surface area contributed by atoms with Crippen molar-refractivity contribution < 1.29 is 9.32 Å². The molecule has 2 heterocycles. The fourth-order valence-corrected chi connectivity index (χ4v) is 3.50. The van der Waals surface area contributed by atoms with Gasteiger partial charge in [-0.3, -0.25) is 4.79 Å². The fourth-order valence-electron chi connectivity index (χ4n) is 3.50. The van der Waals surface area contributed by atoms with Gasteiger partial charge in [0.25, 0.3) is 0 Å². The van der Waals surface area contributed by atoms with E-state index >= 15 is 0 Å². The van der Waals surface area contributed by atoms with Crippen LogP contribution in [-0.4, -0.2) is 29.1 Å². The van der Waals surface area contributed by atoms with Crippen molar-refractivity contribution in [2.24, 2.45) is 0 Å². The number of hydrogen-bond donors (Lipinski definition) is 1. The Morgan fingerprint density at radius 1 is 1.04 bits per heavy atom. The molecule has 1 aromatic heterocycles. The van der Waals surface area contributed by atoms with E-state index in [1.807, 2.05) is 24.3 Å². The van der Waals surface area contributed by atoms with Crippen LogP contribution in [0.4, 0.5) is 11.4 Å². The number of nitrogens with one attached hydrogen (secondary N) is 1. The van der Waals surface area contributed by atoms with Crippen LogP contribution in [0.3, 0.4) is 0 Å². The highest BCUT2D eigenvalue weighted by Crippen LogP contribution is 2.24. The van der Waals surface area contributed by atoms with Crippen molar-refractivity contribution in [3.05, 3.63) is 60.0 Å². The van der Waals surface area contributed by atoms with Crippen molar-refractivity contribution in [2.45, 2.75) is 32.6 Å². The number of amides is 1. The van der Waals surface area contributed by atoms with Crippen LogP contribution < -0.4 is 10.2 Å². The molecule has 3 aromatic rings. The monoisotopic (exact) mass is 376 g/mol. The summed E-state index contributed by atoms with van der Waals surface area (Å²) < 4.78 is 5.42. The second-order valence-corrected chi connectivity index (χ2v) is 7.16. The second-order valence-electron chi connectivity index (χ2n) is 7.16. The van der Waals surface area contributed by atoms with Gasteiger partial charge in [0, 0.05) is 37.0 Å². The van der Waals surface area contributed by atoms with E-state index in [-0.39, 0.29) is 5.91 Å². The molecule has 1 N–H and O–H groups in total. The highest BCUT2D eigenvalue weighted by atomic mass is 16.5. The number of hydrogen-bond acceptors (Lipinski definition) is 5. The molecule has 1 fully saturated rings. The van der Waals surface area contributed by atoms with Crippen molar-refractivity contribution >= 4 is 17.3 Å². The second kappa shape index (κ2) is 8.25. The summed E-state index contributed by atoms with van der Waals surface area (Å²) in [5.74, 6) is 1.10. The van der Waals surface area contributed by atoms with E-state index in [1.54, 1.807) is 0 Å². The average Bonchev–Trinajstić information content (AvgIpc) is 3.18. The molecule has 6 heteroatoms. The molecule has 6 nitrogen and oxygen atoms in total. The zero-order chi connectivity index (χ0) is 19.3. The molecule has 0 unspecified atom stereocenters. The zero-order valence-electron chi connectivity index (χ0n) is 16.0. The number of aromatic nitrogens is 2. The molecule has 0 aliphatic carbocycles. The van der Waals surface area contributed by atoms with Crippen LogP contribution in [0.25, 0.3) is 11.4 Å². The van der Waals surface area contributed by atoms with Crippen molar-refractivity contribution in [1.82, 2.24) is 10.1 Å². The molecule has 0 radical (unpaired) electrons. The molecule has 28 heavy (non-hydrogen) atoms. The van der Waals surface area contributed by atoms with Crippen LogP contribution in [0.15, 0.2) is 53.1 Å². The van der Waals surface area contributed by atoms with E-state index in [9.17, 15) is 4.79 Å². The highest BCUT2D eigenvalue weighted by molar-refractivity contribution is 5.88. The van der Waals surface area contributed by atoms with Crippen LogP contribution in [0.5, 0.6) is 0 Å². The van der Waals surface area contributed by atoms with Gasteiger partial charge in [-0.25, -0.2) is 0 Å². The number of piperidine rings is 1. The van der Waals surface area contributed by atoms with E-state index in [1.165, 1.54) is 31.9 Å². The Balaban J connectivity index is 1.41. The third kappa shape index (κ3) is 4.39. The number of carbonyl (C=O) groups excluding carboxylic acids is 1. The van der Waals surface area contributed by atoms with Gasteiger partial charge in [0.2, 0.25) is 17.6 Å². The van der Waals surface area contributed by atoms with Crippen LogP contribution >= 0.6 is 0 Å². The van der Waals surface area contributed by atoms with Gasteiger partial charge in [-0.2, -0.15) is 4.98 Å². The first-order valence-electron chi connectivity index (χ1n) is 9.72. The fraction of sp³-hybridized carbons (Fsp3) is 0.318. The smallest absolute Gasteiger partial charge is 0.231 e. The lowest BCUT2D eigenvalue weighted by atomic mass is 10.1. The average molecular weight is 376 g/mol. The first kappa shape index (κ1) is 18.2. The Labute approximate surface area is 164 Å². The van der Waals surface area contributed by atoms with Gasteiger partial charge in [0.1, 0.15) is 0 Å². The summed E-state index contributed by atoms with van der Waals surface area (Å²) in [6.07, 6.45) is 4.42. The number of rotatable bonds is 5. The van der Waals surface area contributed by atoms with Crippen molar-refractivity contribution in [1.29, 1.82) is 0 Å². The minimum absolute atomic E-state index is 0.0828. The zero-order valence-corrected chi connectivity index (χ0v) is 16.0. The molecule has 144 valence electrons. The maximum absolute atomic E-state index is 11.1. The normalized spacial score (nSPS) is 14.1. The predicted octanol–water partition coefficient (Wildman–Crippen LogP) is 4.28.